The largest absolute Gasteiger partial charge is 0.394 e. The van der Waals surface area contributed by atoms with Crippen LogP contribution in [0.2, 0.25) is 0 Å². The van der Waals surface area contributed by atoms with E-state index in [-0.39, 0.29) is 12.6 Å². The lowest BCUT2D eigenvalue weighted by molar-refractivity contribution is 0.263. The standard InChI is InChI=1S/C13H25N3O/c1-2-3-4-5-6-7-8-16-11-15-9-13(16)12(14)10-17/h9,11-12,17H,2-8,10,14H2,1H3. The number of aliphatic hydroxyl groups excluding tert-OH is 1. The third kappa shape index (κ3) is 4.88. The molecule has 4 heteroatoms. The Morgan fingerprint density at radius 3 is 2.71 bits per heavy atom. The van der Waals surface area contributed by atoms with Gasteiger partial charge in [-0.25, -0.2) is 4.98 Å². The van der Waals surface area contributed by atoms with E-state index in [2.05, 4.69) is 16.5 Å². The summed E-state index contributed by atoms with van der Waals surface area (Å²) in [5.74, 6) is 0. The van der Waals surface area contributed by atoms with E-state index in [0.717, 1.165) is 18.7 Å². The number of hydrogen-bond acceptors (Lipinski definition) is 3. The zero-order valence-electron chi connectivity index (χ0n) is 10.8. The van der Waals surface area contributed by atoms with E-state index in [9.17, 15) is 0 Å². The van der Waals surface area contributed by atoms with Crippen LogP contribution in [-0.2, 0) is 6.54 Å². The Labute approximate surface area is 104 Å². The monoisotopic (exact) mass is 239 g/mol. The van der Waals surface area contributed by atoms with E-state index in [1.807, 2.05) is 0 Å². The number of imidazole rings is 1. The van der Waals surface area contributed by atoms with Crippen LogP contribution < -0.4 is 5.73 Å². The first-order valence-corrected chi connectivity index (χ1v) is 6.66. The molecule has 4 nitrogen and oxygen atoms in total. The van der Waals surface area contributed by atoms with Crippen molar-refractivity contribution in [3.05, 3.63) is 18.2 Å². The van der Waals surface area contributed by atoms with Crippen molar-refractivity contribution < 1.29 is 5.11 Å². The maximum atomic E-state index is 9.03. The molecule has 0 radical (unpaired) electrons. The second kappa shape index (κ2) is 8.25. The van der Waals surface area contributed by atoms with Gasteiger partial charge in [0.05, 0.1) is 24.7 Å². The van der Waals surface area contributed by atoms with Gasteiger partial charge in [0.25, 0.3) is 0 Å². The van der Waals surface area contributed by atoms with Gasteiger partial charge < -0.3 is 15.4 Å². The van der Waals surface area contributed by atoms with Gasteiger partial charge in [-0.1, -0.05) is 39.0 Å². The number of hydrogen-bond donors (Lipinski definition) is 2. The SMILES string of the molecule is CCCCCCCCn1cncc1C(N)CO. The van der Waals surface area contributed by atoms with Gasteiger partial charge in [-0.3, -0.25) is 0 Å². The van der Waals surface area contributed by atoms with E-state index in [0.29, 0.717) is 0 Å². The predicted molar refractivity (Wildman–Crippen MR) is 69.6 cm³/mol. The summed E-state index contributed by atoms with van der Waals surface area (Å²) in [5.41, 5.74) is 6.73. The molecular weight excluding hydrogens is 214 g/mol. The Bertz CT molecular complexity index is 299. The van der Waals surface area contributed by atoms with Crippen LogP contribution in [-0.4, -0.2) is 21.3 Å². The van der Waals surface area contributed by atoms with Crippen LogP contribution in [0.3, 0.4) is 0 Å². The van der Waals surface area contributed by atoms with Crippen LogP contribution >= 0.6 is 0 Å². The fourth-order valence-corrected chi connectivity index (χ4v) is 1.98. The quantitative estimate of drug-likeness (QED) is 0.650. The van der Waals surface area contributed by atoms with Gasteiger partial charge in [-0.15, -0.1) is 0 Å². The molecule has 1 heterocycles. The summed E-state index contributed by atoms with van der Waals surface area (Å²) in [6.07, 6.45) is 11.2. The molecule has 0 aliphatic heterocycles. The number of aliphatic hydroxyl groups is 1. The second-order valence-corrected chi connectivity index (χ2v) is 4.57. The minimum Gasteiger partial charge on any atom is -0.394 e. The Morgan fingerprint density at radius 1 is 1.29 bits per heavy atom. The van der Waals surface area contributed by atoms with Gasteiger partial charge in [0, 0.05) is 12.7 Å². The van der Waals surface area contributed by atoms with Crippen molar-refractivity contribution in [2.24, 2.45) is 5.73 Å². The van der Waals surface area contributed by atoms with Gasteiger partial charge in [0.2, 0.25) is 0 Å². The first-order chi connectivity index (χ1) is 8.29. The van der Waals surface area contributed by atoms with Crippen molar-refractivity contribution >= 4 is 0 Å². The zero-order chi connectivity index (χ0) is 12.5. The molecule has 17 heavy (non-hydrogen) atoms. The number of rotatable bonds is 9. The average Bonchev–Trinajstić information content (AvgIpc) is 2.81. The summed E-state index contributed by atoms with van der Waals surface area (Å²) >= 11 is 0. The van der Waals surface area contributed by atoms with Gasteiger partial charge in [-0.05, 0) is 6.42 Å². The van der Waals surface area contributed by atoms with Crippen molar-refractivity contribution in [3.63, 3.8) is 0 Å². The molecule has 0 saturated carbocycles. The molecule has 1 rings (SSSR count). The van der Waals surface area contributed by atoms with E-state index < -0.39 is 0 Å². The van der Waals surface area contributed by atoms with Crippen LogP contribution in [0.15, 0.2) is 12.5 Å². The number of aryl methyl sites for hydroxylation is 1. The molecule has 0 aromatic carbocycles. The van der Waals surface area contributed by atoms with Crippen LogP contribution in [0.5, 0.6) is 0 Å². The lowest BCUT2D eigenvalue weighted by Gasteiger charge is -2.12. The van der Waals surface area contributed by atoms with Crippen molar-refractivity contribution in [1.82, 2.24) is 9.55 Å². The molecule has 1 aromatic rings. The lowest BCUT2D eigenvalue weighted by Crippen LogP contribution is -2.18. The lowest BCUT2D eigenvalue weighted by atomic mass is 10.1. The minimum absolute atomic E-state index is 0.0256. The Balaban J connectivity index is 2.24. The molecule has 0 aliphatic carbocycles. The molecule has 0 spiro atoms. The topological polar surface area (TPSA) is 64.1 Å². The fourth-order valence-electron chi connectivity index (χ4n) is 1.98. The van der Waals surface area contributed by atoms with Crippen molar-refractivity contribution in [2.45, 2.75) is 58.0 Å². The molecular formula is C13H25N3O. The summed E-state index contributed by atoms with van der Waals surface area (Å²) in [5, 5.41) is 9.03. The summed E-state index contributed by atoms with van der Waals surface area (Å²) in [7, 11) is 0. The number of nitrogens with two attached hydrogens (primary N) is 1. The smallest absolute Gasteiger partial charge is 0.0948 e. The Morgan fingerprint density at radius 2 is 2.00 bits per heavy atom. The molecule has 0 fully saturated rings. The average molecular weight is 239 g/mol. The minimum atomic E-state index is -0.308. The van der Waals surface area contributed by atoms with Crippen LogP contribution in [0.1, 0.15) is 57.2 Å². The van der Waals surface area contributed by atoms with E-state index in [4.69, 9.17) is 10.8 Å². The molecule has 0 aliphatic rings. The van der Waals surface area contributed by atoms with E-state index in [1.54, 1.807) is 12.5 Å². The van der Waals surface area contributed by atoms with Gasteiger partial charge in [-0.2, -0.15) is 0 Å². The highest BCUT2D eigenvalue weighted by Crippen LogP contribution is 2.11. The number of unbranched alkanes of at least 4 members (excludes halogenated alkanes) is 5. The molecule has 0 saturated heterocycles. The highest BCUT2D eigenvalue weighted by Gasteiger charge is 2.09. The molecule has 1 unspecified atom stereocenters. The number of nitrogens with zero attached hydrogens (tertiary/aromatic N) is 2. The van der Waals surface area contributed by atoms with Gasteiger partial charge >= 0.3 is 0 Å². The third-order valence-electron chi connectivity index (χ3n) is 3.07. The van der Waals surface area contributed by atoms with Crippen LogP contribution in [0, 0.1) is 0 Å². The van der Waals surface area contributed by atoms with Gasteiger partial charge in [0.1, 0.15) is 0 Å². The van der Waals surface area contributed by atoms with Crippen molar-refractivity contribution in [3.8, 4) is 0 Å². The van der Waals surface area contributed by atoms with Gasteiger partial charge in [0.15, 0.2) is 0 Å². The maximum Gasteiger partial charge on any atom is 0.0948 e. The van der Waals surface area contributed by atoms with E-state index >= 15 is 0 Å². The molecule has 0 amide bonds. The molecule has 0 bridgehead atoms. The second-order valence-electron chi connectivity index (χ2n) is 4.57. The fraction of sp³-hybridized carbons (Fsp3) is 0.769. The zero-order valence-corrected chi connectivity index (χ0v) is 10.8. The predicted octanol–water partition coefficient (Wildman–Crippen LogP) is 2.24. The van der Waals surface area contributed by atoms with Crippen LogP contribution in [0.25, 0.3) is 0 Å². The Hall–Kier alpha value is -0.870. The van der Waals surface area contributed by atoms with Crippen molar-refractivity contribution in [2.75, 3.05) is 6.61 Å². The summed E-state index contributed by atoms with van der Waals surface area (Å²) in [6, 6.07) is -0.308. The third-order valence-corrected chi connectivity index (χ3v) is 3.07. The maximum absolute atomic E-state index is 9.03. The first-order valence-electron chi connectivity index (χ1n) is 6.66. The normalized spacial score (nSPS) is 12.9. The molecule has 3 N–H and O–H groups in total. The summed E-state index contributed by atoms with van der Waals surface area (Å²) in [6.45, 7) is 3.16. The summed E-state index contributed by atoms with van der Waals surface area (Å²) in [4.78, 5) is 4.09. The highest BCUT2D eigenvalue weighted by atomic mass is 16.3. The summed E-state index contributed by atoms with van der Waals surface area (Å²) < 4.78 is 2.06. The highest BCUT2D eigenvalue weighted by molar-refractivity contribution is 5.04. The van der Waals surface area contributed by atoms with Crippen LogP contribution in [0.4, 0.5) is 0 Å². The molecule has 98 valence electrons. The first kappa shape index (κ1) is 14.2. The van der Waals surface area contributed by atoms with Crippen molar-refractivity contribution in [1.29, 1.82) is 0 Å². The number of aromatic nitrogens is 2. The molecule has 1 atom stereocenters. The Kier molecular flexibility index (Phi) is 6.89. The van der Waals surface area contributed by atoms with E-state index in [1.165, 1.54) is 32.1 Å². The molecule has 1 aromatic heterocycles.